The zero-order valence-corrected chi connectivity index (χ0v) is 16.6. The van der Waals surface area contributed by atoms with Gasteiger partial charge >= 0.3 is 0 Å². The van der Waals surface area contributed by atoms with Crippen LogP contribution < -0.4 is 10.1 Å². The van der Waals surface area contributed by atoms with E-state index >= 15 is 0 Å². The molecule has 1 aromatic heterocycles. The molecule has 1 saturated carbocycles. The third-order valence-corrected chi connectivity index (χ3v) is 5.15. The lowest BCUT2D eigenvalue weighted by molar-refractivity contribution is -0.124. The van der Waals surface area contributed by atoms with Crippen molar-refractivity contribution in [1.82, 2.24) is 15.5 Å². The van der Waals surface area contributed by atoms with Crippen LogP contribution in [0.25, 0.3) is 22.8 Å². The minimum absolute atomic E-state index is 0.0353. The van der Waals surface area contributed by atoms with Crippen LogP contribution >= 0.6 is 0 Å². The molecule has 1 heterocycles. The summed E-state index contributed by atoms with van der Waals surface area (Å²) < 4.78 is 11.3. The number of hydrogen-bond donors (Lipinski definition) is 1. The van der Waals surface area contributed by atoms with Gasteiger partial charge in [0.15, 0.2) is 6.61 Å². The molecular formula is C23H25N3O3. The van der Waals surface area contributed by atoms with Crippen LogP contribution in [-0.4, -0.2) is 28.7 Å². The van der Waals surface area contributed by atoms with E-state index in [9.17, 15) is 4.79 Å². The summed E-state index contributed by atoms with van der Waals surface area (Å²) in [6.07, 6.45) is 5.70. The Balaban J connectivity index is 1.45. The van der Waals surface area contributed by atoms with Gasteiger partial charge in [0.05, 0.1) is 5.56 Å². The van der Waals surface area contributed by atoms with Gasteiger partial charge in [-0.3, -0.25) is 4.79 Å². The van der Waals surface area contributed by atoms with Gasteiger partial charge in [-0.2, -0.15) is 4.98 Å². The largest absolute Gasteiger partial charge is 0.483 e. The predicted molar refractivity (Wildman–Crippen MR) is 110 cm³/mol. The van der Waals surface area contributed by atoms with E-state index in [4.69, 9.17) is 9.26 Å². The van der Waals surface area contributed by atoms with E-state index in [0.717, 1.165) is 24.0 Å². The molecule has 3 aromatic rings. The average molecular weight is 391 g/mol. The summed E-state index contributed by atoms with van der Waals surface area (Å²) in [5.74, 6) is 1.33. The van der Waals surface area contributed by atoms with E-state index in [-0.39, 0.29) is 18.6 Å². The lowest BCUT2D eigenvalue weighted by Gasteiger charge is -2.22. The molecular weight excluding hydrogens is 366 g/mol. The number of para-hydroxylation sites is 1. The second-order valence-corrected chi connectivity index (χ2v) is 7.48. The second-order valence-electron chi connectivity index (χ2n) is 7.48. The summed E-state index contributed by atoms with van der Waals surface area (Å²) in [7, 11) is 0. The lowest BCUT2D eigenvalue weighted by atomic mass is 9.95. The molecule has 1 fully saturated rings. The number of aryl methyl sites for hydroxylation is 1. The molecule has 150 valence electrons. The summed E-state index contributed by atoms with van der Waals surface area (Å²) in [5, 5.41) is 7.16. The highest BCUT2D eigenvalue weighted by atomic mass is 16.5. The van der Waals surface area contributed by atoms with Crippen molar-refractivity contribution in [2.75, 3.05) is 6.61 Å². The van der Waals surface area contributed by atoms with Gasteiger partial charge in [0.1, 0.15) is 5.75 Å². The van der Waals surface area contributed by atoms with Crippen LogP contribution in [0.4, 0.5) is 0 Å². The molecule has 1 aliphatic carbocycles. The molecule has 0 bridgehead atoms. The molecule has 6 nitrogen and oxygen atoms in total. The van der Waals surface area contributed by atoms with Gasteiger partial charge in [0, 0.05) is 11.6 Å². The maximum Gasteiger partial charge on any atom is 0.262 e. The van der Waals surface area contributed by atoms with Gasteiger partial charge in [-0.05, 0) is 38.0 Å². The molecule has 0 saturated heterocycles. The van der Waals surface area contributed by atoms with E-state index in [2.05, 4.69) is 15.5 Å². The molecule has 29 heavy (non-hydrogen) atoms. The molecule has 1 N–H and O–H groups in total. The Morgan fingerprint density at radius 1 is 1.14 bits per heavy atom. The Bertz CT molecular complexity index is 977. The van der Waals surface area contributed by atoms with E-state index < -0.39 is 0 Å². The van der Waals surface area contributed by atoms with Crippen LogP contribution in [0.15, 0.2) is 53.1 Å². The monoisotopic (exact) mass is 391 g/mol. The number of carbonyl (C=O) groups excluding carboxylic acids is 1. The lowest BCUT2D eigenvalue weighted by Crippen LogP contribution is -2.39. The normalized spacial score (nSPS) is 14.5. The topological polar surface area (TPSA) is 77.2 Å². The van der Waals surface area contributed by atoms with Crippen LogP contribution in [0.5, 0.6) is 5.75 Å². The van der Waals surface area contributed by atoms with Crippen LogP contribution in [-0.2, 0) is 4.79 Å². The Labute approximate surface area is 170 Å². The molecule has 0 radical (unpaired) electrons. The predicted octanol–water partition coefficient (Wildman–Crippen LogP) is 4.54. The molecule has 1 aliphatic rings. The standard InChI is InChI=1S/C23H25N3O3/c1-16-8-7-9-17(14-16)22-25-23(29-26-22)19-12-5-6-13-20(19)28-15-21(27)24-18-10-3-2-4-11-18/h5-9,12-14,18H,2-4,10-11,15H2,1H3,(H,24,27). The third kappa shape index (κ3) is 4.83. The van der Waals surface area contributed by atoms with Gasteiger partial charge in [-0.15, -0.1) is 0 Å². The molecule has 0 spiro atoms. The smallest absolute Gasteiger partial charge is 0.262 e. The molecule has 0 unspecified atom stereocenters. The number of benzene rings is 2. The Morgan fingerprint density at radius 3 is 2.79 bits per heavy atom. The van der Waals surface area contributed by atoms with Crippen molar-refractivity contribution in [1.29, 1.82) is 0 Å². The van der Waals surface area contributed by atoms with Crippen LogP contribution in [0.1, 0.15) is 37.7 Å². The van der Waals surface area contributed by atoms with Crippen molar-refractivity contribution in [3.05, 3.63) is 54.1 Å². The zero-order chi connectivity index (χ0) is 20.1. The third-order valence-electron chi connectivity index (χ3n) is 5.15. The highest BCUT2D eigenvalue weighted by molar-refractivity contribution is 5.78. The number of carbonyl (C=O) groups is 1. The van der Waals surface area contributed by atoms with Crippen molar-refractivity contribution < 1.29 is 14.1 Å². The van der Waals surface area contributed by atoms with Gasteiger partial charge < -0.3 is 14.6 Å². The Morgan fingerprint density at radius 2 is 1.97 bits per heavy atom. The SMILES string of the molecule is Cc1cccc(-c2noc(-c3ccccc3OCC(=O)NC3CCCCC3)n2)c1. The summed E-state index contributed by atoms with van der Waals surface area (Å²) in [6, 6.07) is 15.6. The number of ether oxygens (including phenoxy) is 1. The first kappa shape index (κ1) is 19.2. The number of hydrogen-bond acceptors (Lipinski definition) is 5. The van der Waals surface area contributed by atoms with Crippen LogP contribution in [0.2, 0.25) is 0 Å². The Kier molecular flexibility index (Phi) is 5.89. The van der Waals surface area contributed by atoms with Gasteiger partial charge in [0.25, 0.3) is 11.8 Å². The maximum absolute atomic E-state index is 12.3. The molecule has 4 rings (SSSR count). The first-order valence-corrected chi connectivity index (χ1v) is 10.1. The highest BCUT2D eigenvalue weighted by Crippen LogP contribution is 2.30. The first-order valence-electron chi connectivity index (χ1n) is 10.1. The second kappa shape index (κ2) is 8.90. The number of aromatic nitrogens is 2. The average Bonchev–Trinajstić information content (AvgIpc) is 3.23. The van der Waals surface area contributed by atoms with Crippen molar-refractivity contribution in [3.8, 4) is 28.6 Å². The van der Waals surface area contributed by atoms with Crippen molar-refractivity contribution in [2.45, 2.75) is 45.1 Å². The maximum atomic E-state index is 12.3. The number of nitrogens with one attached hydrogen (secondary N) is 1. The fourth-order valence-corrected chi connectivity index (χ4v) is 3.66. The molecule has 0 atom stereocenters. The van der Waals surface area contributed by atoms with E-state index in [1.807, 2.05) is 49.4 Å². The number of nitrogens with zero attached hydrogens (tertiary/aromatic N) is 2. The number of amides is 1. The minimum atomic E-state index is -0.0994. The molecule has 6 heteroatoms. The van der Waals surface area contributed by atoms with Gasteiger partial charge in [0.2, 0.25) is 5.82 Å². The quantitative estimate of drug-likeness (QED) is 0.667. The molecule has 0 aliphatic heterocycles. The van der Waals surface area contributed by atoms with Crippen LogP contribution in [0, 0.1) is 6.92 Å². The summed E-state index contributed by atoms with van der Waals surface area (Å²) in [6.45, 7) is 1.98. The van der Waals surface area contributed by atoms with Crippen molar-refractivity contribution in [2.24, 2.45) is 0 Å². The highest BCUT2D eigenvalue weighted by Gasteiger charge is 2.18. The van der Waals surface area contributed by atoms with Crippen LogP contribution in [0.3, 0.4) is 0 Å². The summed E-state index contributed by atoms with van der Waals surface area (Å²) in [4.78, 5) is 16.8. The fourth-order valence-electron chi connectivity index (χ4n) is 3.66. The van der Waals surface area contributed by atoms with Crippen molar-refractivity contribution in [3.63, 3.8) is 0 Å². The fraction of sp³-hybridized carbons (Fsp3) is 0.348. The molecule has 2 aromatic carbocycles. The first-order chi connectivity index (χ1) is 14.2. The van der Waals surface area contributed by atoms with E-state index in [1.54, 1.807) is 6.07 Å². The molecule has 1 amide bonds. The van der Waals surface area contributed by atoms with E-state index in [1.165, 1.54) is 19.3 Å². The number of rotatable bonds is 6. The van der Waals surface area contributed by atoms with Gasteiger partial charge in [-0.25, -0.2) is 0 Å². The summed E-state index contributed by atoms with van der Waals surface area (Å²) >= 11 is 0. The van der Waals surface area contributed by atoms with E-state index in [0.29, 0.717) is 23.0 Å². The Hall–Kier alpha value is -3.15. The van der Waals surface area contributed by atoms with Crippen molar-refractivity contribution >= 4 is 5.91 Å². The minimum Gasteiger partial charge on any atom is -0.483 e. The summed E-state index contributed by atoms with van der Waals surface area (Å²) in [5.41, 5.74) is 2.69. The zero-order valence-electron chi connectivity index (χ0n) is 16.6. The van der Waals surface area contributed by atoms with Gasteiger partial charge in [-0.1, -0.05) is 60.3 Å².